The lowest BCUT2D eigenvalue weighted by Gasteiger charge is -2.09. The van der Waals surface area contributed by atoms with Gasteiger partial charge in [-0.05, 0) is 24.6 Å². The van der Waals surface area contributed by atoms with Crippen molar-refractivity contribution in [3.05, 3.63) is 36.0 Å². The van der Waals surface area contributed by atoms with Gasteiger partial charge < -0.3 is 10.1 Å². The fraction of sp³-hybridized carbons (Fsp3) is 0.500. The number of rotatable bonds is 8. The molecule has 0 aliphatic rings. The zero-order valence-corrected chi connectivity index (χ0v) is 10.8. The Hall–Kier alpha value is -1.35. The molecular formula is C14H22N2O. The summed E-state index contributed by atoms with van der Waals surface area (Å²) in [7, 11) is 0. The van der Waals surface area contributed by atoms with Gasteiger partial charge in [-0.2, -0.15) is 0 Å². The van der Waals surface area contributed by atoms with E-state index < -0.39 is 0 Å². The minimum atomic E-state index is 0.503. The third-order valence-electron chi connectivity index (χ3n) is 2.35. The minimum Gasteiger partial charge on any atom is -0.473 e. The molecule has 1 aromatic heterocycles. The summed E-state index contributed by atoms with van der Waals surface area (Å²) >= 11 is 0. The minimum absolute atomic E-state index is 0.503. The number of hydrogen-bond acceptors (Lipinski definition) is 3. The number of nitrogens with one attached hydrogen (secondary N) is 1. The lowest BCUT2D eigenvalue weighted by atomic mass is 10.1. The first-order chi connectivity index (χ1) is 8.30. The van der Waals surface area contributed by atoms with Gasteiger partial charge in [0, 0.05) is 18.3 Å². The lowest BCUT2D eigenvalue weighted by molar-refractivity contribution is 0.347. The highest BCUT2D eigenvalue weighted by molar-refractivity contribution is 5.25. The molecule has 0 aliphatic carbocycles. The topological polar surface area (TPSA) is 34.1 Å². The average molecular weight is 234 g/mol. The molecule has 0 bridgehead atoms. The normalized spacial score (nSPS) is 10.2. The molecule has 0 fully saturated rings. The van der Waals surface area contributed by atoms with E-state index in [1.807, 2.05) is 6.07 Å². The van der Waals surface area contributed by atoms with Gasteiger partial charge in [0.1, 0.15) is 6.61 Å². The Morgan fingerprint density at radius 3 is 2.88 bits per heavy atom. The smallest absolute Gasteiger partial charge is 0.214 e. The van der Waals surface area contributed by atoms with Gasteiger partial charge in [0.15, 0.2) is 0 Å². The summed E-state index contributed by atoms with van der Waals surface area (Å²) in [5.74, 6) is 0.698. The molecule has 1 heterocycles. The zero-order valence-electron chi connectivity index (χ0n) is 10.8. The Labute approximate surface area is 104 Å². The molecule has 17 heavy (non-hydrogen) atoms. The van der Waals surface area contributed by atoms with E-state index in [2.05, 4.69) is 36.8 Å². The molecule has 1 aromatic rings. The highest BCUT2D eigenvalue weighted by Crippen LogP contribution is 2.14. The van der Waals surface area contributed by atoms with E-state index in [1.54, 1.807) is 6.08 Å². The van der Waals surface area contributed by atoms with E-state index in [0.29, 0.717) is 12.5 Å². The molecule has 0 saturated heterocycles. The van der Waals surface area contributed by atoms with Crippen LogP contribution in [-0.2, 0) is 13.0 Å². The van der Waals surface area contributed by atoms with Crippen molar-refractivity contribution in [2.45, 2.75) is 33.2 Å². The number of aryl methyl sites for hydroxylation is 1. The number of hydrogen-bond donors (Lipinski definition) is 1. The Bertz CT molecular complexity index is 350. The average Bonchev–Trinajstić information content (AvgIpc) is 2.34. The van der Waals surface area contributed by atoms with E-state index >= 15 is 0 Å². The van der Waals surface area contributed by atoms with Gasteiger partial charge >= 0.3 is 0 Å². The standard InChI is InChI=1S/C14H22N2O/c1-4-7-13-9-12(11-15-6-3)10-14(16-13)17-8-5-2/h5,9-10,15H,2,4,6-8,11H2,1,3H3. The van der Waals surface area contributed by atoms with Crippen LogP contribution in [0.2, 0.25) is 0 Å². The van der Waals surface area contributed by atoms with Crippen LogP contribution in [0.3, 0.4) is 0 Å². The first-order valence-electron chi connectivity index (χ1n) is 6.24. The summed E-state index contributed by atoms with van der Waals surface area (Å²) in [6.45, 7) is 10.2. The van der Waals surface area contributed by atoms with Gasteiger partial charge in [0.2, 0.25) is 5.88 Å². The fourth-order valence-electron chi connectivity index (χ4n) is 1.59. The summed E-state index contributed by atoms with van der Waals surface area (Å²) in [6.07, 6.45) is 3.82. The third-order valence-corrected chi connectivity index (χ3v) is 2.35. The quantitative estimate of drug-likeness (QED) is 0.702. The van der Waals surface area contributed by atoms with E-state index in [0.717, 1.165) is 31.6 Å². The number of ether oxygens (including phenoxy) is 1. The largest absolute Gasteiger partial charge is 0.473 e. The van der Waals surface area contributed by atoms with Crippen LogP contribution >= 0.6 is 0 Å². The second-order valence-electron chi connectivity index (χ2n) is 3.93. The molecule has 0 unspecified atom stereocenters. The maximum atomic E-state index is 5.51. The Morgan fingerprint density at radius 1 is 1.41 bits per heavy atom. The van der Waals surface area contributed by atoms with E-state index in [1.165, 1.54) is 5.56 Å². The molecule has 1 rings (SSSR count). The summed E-state index contributed by atoms with van der Waals surface area (Å²) in [5, 5.41) is 3.31. The number of aromatic nitrogens is 1. The molecule has 1 N–H and O–H groups in total. The van der Waals surface area contributed by atoms with Crippen molar-refractivity contribution >= 4 is 0 Å². The molecule has 0 saturated carbocycles. The first-order valence-corrected chi connectivity index (χ1v) is 6.24. The van der Waals surface area contributed by atoms with Crippen LogP contribution in [0.25, 0.3) is 0 Å². The van der Waals surface area contributed by atoms with Gasteiger partial charge in [-0.15, -0.1) is 0 Å². The van der Waals surface area contributed by atoms with Gasteiger partial charge in [-0.3, -0.25) is 0 Å². The molecule has 0 radical (unpaired) electrons. The summed E-state index contributed by atoms with van der Waals surface area (Å²) < 4.78 is 5.51. The molecule has 0 aliphatic heterocycles. The SMILES string of the molecule is C=CCOc1cc(CNCC)cc(CCC)n1. The molecule has 94 valence electrons. The van der Waals surface area contributed by atoms with Crippen LogP contribution in [0.15, 0.2) is 24.8 Å². The second kappa shape index (κ2) is 7.85. The van der Waals surface area contributed by atoms with Gasteiger partial charge in [0.25, 0.3) is 0 Å². The highest BCUT2D eigenvalue weighted by Gasteiger charge is 2.03. The molecule has 0 atom stereocenters. The van der Waals surface area contributed by atoms with Crippen LogP contribution in [0.5, 0.6) is 5.88 Å². The summed E-state index contributed by atoms with van der Waals surface area (Å²) in [5.41, 5.74) is 2.33. The molecule has 0 spiro atoms. The lowest BCUT2D eigenvalue weighted by Crippen LogP contribution is -2.12. The van der Waals surface area contributed by atoms with Gasteiger partial charge in [-0.25, -0.2) is 4.98 Å². The van der Waals surface area contributed by atoms with Crippen LogP contribution in [-0.4, -0.2) is 18.1 Å². The molecule has 0 amide bonds. The summed E-state index contributed by atoms with van der Waals surface area (Å²) in [6, 6.07) is 4.14. The van der Waals surface area contributed by atoms with Crippen LogP contribution < -0.4 is 10.1 Å². The summed E-state index contributed by atoms with van der Waals surface area (Å²) in [4.78, 5) is 4.47. The van der Waals surface area contributed by atoms with E-state index in [4.69, 9.17) is 4.74 Å². The highest BCUT2D eigenvalue weighted by atomic mass is 16.5. The van der Waals surface area contributed by atoms with Crippen LogP contribution in [0, 0.1) is 0 Å². The van der Waals surface area contributed by atoms with Crippen LogP contribution in [0.4, 0.5) is 0 Å². The zero-order chi connectivity index (χ0) is 12.5. The molecule has 0 aromatic carbocycles. The van der Waals surface area contributed by atoms with Gasteiger partial charge in [-0.1, -0.05) is 32.9 Å². The monoisotopic (exact) mass is 234 g/mol. The van der Waals surface area contributed by atoms with Crippen molar-refractivity contribution in [3.8, 4) is 5.88 Å². The third kappa shape index (κ3) is 5.00. The Balaban J connectivity index is 2.79. The number of nitrogens with zero attached hydrogens (tertiary/aromatic N) is 1. The molecule has 3 nitrogen and oxygen atoms in total. The van der Waals surface area contributed by atoms with Crippen molar-refractivity contribution < 1.29 is 4.74 Å². The van der Waals surface area contributed by atoms with E-state index in [9.17, 15) is 0 Å². The van der Waals surface area contributed by atoms with Crippen molar-refractivity contribution in [1.82, 2.24) is 10.3 Å². The fourth-order valence-corrected chi connectivity index (χ4v) is 1.59. The number of pyridine rings is 1. The Morgan fingerprint density at radius 2 is 2.24 bits per heavy atom. The maximum Gasteiger partial charge on any atom is 0.214 e. The maximum absolute atomic E-state index is 5.51. The van der Waals surface area contributed by atoms with E-state index in [-0.39, 0.29) is 0 Å². The predicted octanol–water partition coefficient (Wildman–Crippen LogP) is 2.71. The van der Waals surface area contributed by atoms with Crippen molar-refractivity contribution in [1.29, 1.82) is 0 Å². The molecule has 3 heteroatoms. The predicted molar refractivity (Wildman–Crippen MR) is 71.3 cm³/mol. The van der Waals surface area contributed by atoms with Crippen molar-refractivity contribution in [2.24, 2.45) is 0 Å². The second-order valence-corrected chi connectivity index (χ2v) is 3.93. The first kappa shape index (κ1) is 13.7. The van der Waals surface area contributed by atoms with Crippen molar-refractivity contribution in [2.75, 3.05) is 13.2 Å². The molecular weight excluding hydrogens is 212 g/mol. The Kier molecular flexibility index (Phi) is 6.33. The van der Waals surface area contributed by atoms with Crippen molar-refractivity contribution in [3.63, 3.8) is 0 Å². The van der Waals surface area contributed by atoms with Gasteiger partial charge in [0.05, 0.1) is 0 Å². The van der Waals surface area contributed by atoms with Crippen LogP contribution in [0.1, 0.15) is 31.5 Å².